The van der Waals surface area contributed by atoms with E-state index in [1.54, 1.807) is 6.92 Å². The van der Waals surface area contributed by atoms with Crippen molar-refractivity contribution in [3.05, 3.63) is 34.6 Å². The van der Waals surface area contributed by atoms with Crippen LogP contribution in [0.4, 0.5) is 4.39 Å². The lowest BCUT2D eigenvalue weighted by Gasteiger charge is -1.99. The molecule has 0 aliphatic carbocycles. The lowest BCUT2D eigenvalue weighted by Crippen LogP contribution is -2.03. The summed E-state index contributed by atoms with van der Waals surface area (Å²) in [4.78, 5) is 16.1. The van der Waals surface area contributed by atoms with Crippen LogP contribution in [-0.4, -0.2) is 23.2 Å². The molecule has 0 atom stereocenters. The summed E-state index contributed by atoms with van der Waals surface area (Å²) in [5.74, 6) is -1.29. The van der Waals surface area contributed by atoms with Gasteiger partial charge in [-0.2, -0.15) is 0 Å². The van der Waals surface area contributed by atoms with Gasteiger partial charge in [0.05, 0.1) is 7.11 Å². The average Bonchev–Trinajstić information content (AvgIpc) is 2.70. The molecule has 0 unspecified atom stereocenters. The molecule has 0 aliphatic rings. The molecule has 18 heavy (non-hydrogen) atoms. The number of hydrogen-bond donors (Lipinski definition) is 1. The van der Waals surface area contributed by atoms with Gasteiger partial charge < -0.3 is 9.84 Å². The second-order valence-corrected chi connectivity index (χ2v) is 4.78. The number of thiazole rings is 1. The molecule has 0 saturated heterocycles. The van der Waals surface area contributed by atoms with Gasteiger partial charge >= 0.3 is 5.97 Å². The summed E-state index contributed by atoms with van der Waals surface area (Å²) in [6, 6.07) is 3.79. The molecule has 94 valence electrons. The van der Waals surface area contributed by atoms with E-state index in [1.807, 2.05) is 0 Å². The van der Waals surface area contributed by atoms with Crippen molar-refractivity contribution in [3.8, 4) is 16.3 Å². The van der Waals surface area contributed by atoms with E-state index in [0.717, 1.165) is 6.07 Å². The van der Waals surface area contributed by atoms with Crippen molar-refractivity contribution >= 4 is 17.3 Å². The predicted molar refractivity (Wildman–Crippen MR) is 65.2 cm³/mol. The molecule has 0 fully saturated rings. The van der Waals surface area contributed by atoms with Gasteiger partial charge in [0.2, 0.25) is 0 Å². The third kappa shape index (κ3) is 2.19. The van der Waals surface area contributed by atoms with Crippen LogP contribution in [-0.2, 0) is 4.74 Å². The van der Waals surface area contributed by atoms with Crippen LogP contribution in [0.2, 0.25) is 0 Å². The van der Waals surface area contributed by atoms with Gasteiger partial charge in [0.25, 0.3) is 0 Å². The minimum atomic E-state index is -0.583. The summed E-state index contributed by atoms with van der Waals surface area (Å²) >= 11 is 1.20. The summed E-state index contributed by atoms with van der Waals surface area (Å²) in [5.41, 5.74) is 0.432. The molecule has 1 N–H and O–H groups in total. The summed E-state index contributed by atoms with van der Waals surface area (Å²) in [5, 5.41) is 9.52. The van der Waals surface area contributed by atoms with Crippen molar-refractivity contribution in [2.24, 2.45) is 0 Å². The second-order valence-electron chi connectivity index (χ2n) is 3.58. The maximum Gasteiger partial charge on any atom is 0.357 e. The van der Waals surface area contributed by atoms with E-state index in [4.69, 9.17) is 5.11 Å². The number of methoxy groups -OCH3 is 1. The quantitative estimate of drug-likeness (QED) is 0.850. The highest BCUT2D eigenvalue weighted by Gasteiger charge is 2.18. The SMILES string of the molecule is COC(=O)c1nc(-c2ccc(O)cc2F)sc1C. The number of halogens is 1. The molecule has 4 nitrogen and oxygen atoms in total. The van der Waals surface area contributed by atoms with Crippen LogP contribution in [0.1, 0.15) is 15.4 Å². The molecular formula is C12H10FNO3S. The molecule has 0 radical (unpaired) electrons. The number of nitrogens with zero attached hydrogens (tertiary/aromatic N) is 1. The number of aryl methyl sites for hydroxylation is 1. The fourth-order valence-electron chi connectivity index (χ4n) is 1.48. The Bertz CT molecular complexity index is 609. The number of hydrogen-bond acceptors (Lipinski definition) is 5. The number of benzene rings is 1. The van der Waals surface area contributed by atoms with Crippen molar-refractivity contribution in [3.63, 3.8) is 0 Å². The molecular weight excluding hydrogens is 257 g/mol. The monoisotopic (exact) mass is 267 g/mol. The van der Waals surface area contributed by atoms with Crippen LogP contribution in [0.25, 0.3) is 10.6 Å². The van der Waals surface area contributed by atoms with E-state index in [1.165, 1.54) is 30.6 Å². The zero-order valence-corrected chi connectivity index (χ0v) is 10.5. The smallest absolute Gasteiger partial charge is 0.357 e. The van der Waals surface area contributed by atoms with Crippen LogP contribution >= 0.6 is 11.3 Å². The van der Waals surface area contributed by atoms with Gasteiger partial charge in [0.15, 0.2) is 5.69 Å². The highest BCUT2D eigenvalue weighted by Crippen LogP contribution is 2.31. The molecule has 0 saturated carbocycles. The van der Waals surface area contributed by atoms with Crippen molar-refractivity contribution in [1.82, 2.24) is 4.98 Å². The third-order valence-corrected chi connectivity index (χ3v) is 3.36. The highest BCUT2D eigenvalue weighted by molar-refractivity contribution is 7.15. The van der Waals surface area contributed by atoms with Crippen LogP contribution in [0.15, 0.2) is 18.2 Å². The van der Waals surface area contributed by atoms with Crippen LogP contribution in [0.5, 0.6) is 5.75 Å². The Morgan fingerprint density at radius 1 is 1.50 bits per heavy atom. The number of phenols is 1. The number of aromatic hydroxyl groups is 1. The van der Waals surface area contributed by atoms with Gasteiger partial charge in [0.1, 0.15) is 16.6 Å². The maximum atomic E-state index is 13.7. The first kappa shape index (κ1) is 12.5. The zero-order chi connectivity index (χ0) is 13.3. The Balaban J connectivity index is 2.49. The van der Waals surface area contributed by atoms with Gasteiger partial charge in [-0.3, -0.25) is 0 Å². The van der Waals surface area contributed by atoms with E-state index < -0.39 is 11.8 Å². The Hall–Kier alpha value is -1.95. The minimum Gasteiger partial charge on any atom is -0.508 e. The standard InChI is InChI=1S/C12H10FNO3S/c1-6-10(12(16)17-2)14-11(18-6)8-4-3-7(15)5-9(8)13/h3-5,15H,1-2H3. The molecule has 6 heteroatoms. The number of phenolic OH excluding ortho intramolecular Hbond substituents is 1. The van der Waals surface area contributed by atoms with Gasteiger partial charge in [-0.25, -0.2) is 14.2 Å². The highest BCUT2D eigenvalue weighted by atomic mass is 32.1. The van der Waals surface area contributed by atoms with E-state index in [0.29, 0.717) is 9.88 Å². The number of carbonyl (C=O) groups is 1. The molecule has 2 aromatic rings. The van der Waals surface area contributed by atoms with E-state index in [-0.39, 0.29) is 17.0 Å². The largest absolute Gasteiger partial charge is 0.508 e. The molecule has 0 bridgehead atoms. The predicted octanol–water partition coefficient (Wildman–Crippen LogP) is 2.75. The zero-order valence-electron chi connectivity index (χ0n) is 9.73. The topological polar surface area (TPSA) is 59.4 Å². The number of esters is 1. The van der Waals surface area contributed by atoms with Crippen LogP contribution in [0, 0.1) is 12.7 Å². The summed E-state index contributed by atoms with van der Waals surface area (Å²) in [6.07, 6.45) is 0. The van der Waals surface area contributed by atoms with E-state index in [2.05, 4.69) is 9.72 Å². The van der Waals surface area contributed by atoms with Gasteiger partial charge in [-0.1, -0.05) is 0 Å². The number of ether oxygens (including phenoxy) is 1. The third-order valence-electron chi connectivity index (χ3n) is 2.36. The first-order valence-corrected chi connectivity index (χ1v) is 5.89. The first-order chi connectivity index (χ1) is 8.52. The normalized spacial score (nSPS) is 10.4. The van der Waals surface area contributed by atoms with E-state index >= 15 is 0 Å². The summed E-state index contributed by atoms with van der Waals surface area (Å²) in [6.45, 7) is 1.71. The van der Waals surface area contributed by atoms with Crippen molar-refractivity contribution in [2.45, 2.75) is 6.92 Å². The molecule has 0 spiro atoms. The summed E-state index contributed by atoms with van der Waals surface area (Å²) in [7, 11) is 1.27. The Morgan fingerprint density at radius 2 is 2.22 bits per heavy atom. The van der Waals surface area contributed by atoms with Gasteiger partial charge in [-0.15, -0.1) is 11.3 Å². The van der Waals surface area contributed by atoms with Gasteiger partial charge in [-0.05, 0) is 19.1 Å². The molecule has 0 aliphatic heterocycles. The Kier molecular flexibility index (Phi) is 3.29. The fourth-order valence-corrected chi connectivity index (χ4v) is 2.40. The Labute approximate surface area is 107 Å². The van der Waals surface area contributed by atoms with Gasteiger partial charge in [0, 0.05) is 16.5 Å². The summed E-state index contributed by atoms with van der Waals surface area (Å²) < 4.78 is 18.2. The first-order valence-electron chi connectivity index (χ1n) is 5.07. The maximum absolute atomic E-state index is 13.7. The second kappa shape index (κ2) is 4.73. The number of rotatable bonds is 2. The van der Waals surface area contributed by atoms with Crippen LogP contribution in [0.3, 0.4) is 0 Å². The average molecular weight is 267 g/mol. The molecule has 1 aromatic carbocycles. The fraction of sp³-hybridized carbons (Fsp3) is 0.167. The van der Waals surface area contributed by atoms with Crippen molar-refractivity contribution < 1.29 is 19.0 Å². The van der Waals surface area contributed by atoms with E-state index in [9.17, 15) is 9.18 Å². The minimum absolute atomic E-state index is 0.155. The molecule has 1 heterocycles. The van der Waals surface area contributed by atoms with Crippen molar-refractivity contribution in [2.75, 3.05) is 7.11 Å². The Morgan fingerprint density at radius 3 is 2.83 bits per heavy atom. The lowest BCUT2D eigenvalue weighted by atomic mass is 10.2. The molecule has 0 amide bonds. The lowest BCUT2D eigenvalue weighted by molar-refractivity contribution is 0.0594. The molecule has 1 aromatic heterocycles. The number of aromatic nitrogens is 1. The molecule has 2 rings (SSSR count). The number of carbonyl (C=O) groups excluding carboxylic acids is 1. The van der Waals surface area contributed by atoms with Crippen LogP contribution < -0.4 is 0 Å². The van der Waals surface area contributed by atoms with Crippen molar-refractivity contribution in [1.29, 1.82) is 0 Å².